The van der Waals surface area contributed by atoms with Crippen molar-refractivity contribution in [3.8, 4) is 0 Å². The van der Waals surface area contributed by atoms with E-state index in [-0.39, 0.29) is 0 Å². The molecule has 2 N–H and O–H groups in total. The summed E-state index contributed by atoms with van der Waals surface area (Å²) in [7, 11) is 0. The van der Waals surface area contributed by atoms with Crippen molar-refractivity contribution in [2.75, 3.05) is 13.1 Å². The van der Waals surface area contributed by atoms with Crippen molar-refractivity contribution in [3.05, 3.63) is 29.6 Å². The molecule has 0 aliphatic carbocycles. The molecule has 0 amide bonds. The van der Waals surface area contributed by atoms with Crippen molar-refractivity contribution in [1.29, 1.82) is 0 Å². The second kappa shape index (κ2) is 5.73. The van der Waals surface area contributed by atoms with Gasteiger partial charge in [0.15, 0.2) is 0 Å². The van der Waals surface area contributed by atoms with E-state index in [1.54, 1.807) is 6.20 Å². The Balaban J connectivity index is 2.74. The van der Waals surface area contributed by atoms with Crippen molar-refractivity contribution in [1.82, 2.24) is 9.88 Å². The van der Waals surface area contributed by atoms with Gasteiger partial charge in [0.05, 0.1) is 0 Å². The average Bonchev–Trinajstić information content (AvgIpc) is 2.26. The Labute approximate surface area is 85.9 Å². The van der Waals surface area contributed by atoms with Crippen molar-refractivity contribution < 1.29 is 0 Å². The van der Waals surface area contributed by atoms with Crippen LogP contribution in [0.4, 0.5) is 0 Å². The van der Waals surface area contributed by atoms with Gasteiger partial charge in [-0.2, -0.15) is 0 Å². The Morgan fingerprint density at radius 1 is 1.29 bits per heavy atom. The van der Waals surface area contributed by atoms with Crippen molar-refractivity contribution in [3.63, 3.8) is 0 Å². The summed E-state index contributed by atoms with van der Waals surface area (Å²) in [5, 5.41) is 0. The molecule has 0 radical (unpaired) electrons. The molecule has 0 aliphatic heterocycles. The first-order valence-corrected chi connectivity index (χ1v) is 5.16. The van der Waals surface area contributed by atoms with E-state index in [2.05, 4.69) is 23.7 Å². The molecule has 0 saturated heterocycles. The van der Waals surface area contributed by atoms with Crippen LogP contribution >= 0.6 is 0 Å². The van der Waals surface area contributed by atoms with Crippen LogP contribution in [0.25, 0.3) is 0 Å². The Morgan fingerprint density at radius 2 is 2.00 bits per heavy atom. The van der Waals surface area contributed by atoms with Crippen LogP contribution in [0.5, 0.6) is 0 Å². The molecule has 1 rings (SSSR count). The van der Waals surface area contributed by atoms with Crippen molar-refractivity contribution in [2.45, 2.75) is 26.9 Å². The van der Waals surface area contributed by atoms with E-state index in [0.29, 0.717) is 6.54 Å². The molecule has 0 spiro atoms. The first kappa shape index (κ1) is 11.1. The topological polar surface area (TPSA) is 42.2 Å². The average molecular weight is 193 g/mol. The highest BCUT2D eigenvalue weighted by atomic mass is 15.1. The van der Waals surface area contributed by atoms with Crippen LogP contribution in [0.2, 0.25) is 0 Å². The maximum atomic E-state index is 5.66. The maximum absolute atomic E-state index is 5.66. The highest BCUT2D eigenvalue weighted by molar-refractivity contribution is 5.22. The van der Waals surface area contributed by atoms with Crippen LogP contribution in [0, 0.1) is 0 Å². The van der Waals surface area contributed by atoms with E-state index >= 15 is 0 Å². The van der Waals surface area contributed by atoms with E-state index in [4.69, 9.17) is 5.73 Å². The number of pyridine rings is 1. The van der Waals surface area contributed by atoms with Gasteiger partial charge in [0.25, 0.3) is 0 Å². The molecule has 78 valence electrons. The zero-order valence-electron chi connectivity index (χ0n) is 9.03. The molecular weight excluding hydrogens is 174 g/mol. The lowest BCUT2D eigenvalue weighted by Crippen LogP contribution is -2.23. The Morgan fingerprint density at radius 3 is 2.57 bits per heavy atom. The second-order valence-corrected chi connectivity index (χ2v) is 3.31. The van der Waals surface area contributed by atoms with E-state index in [1.165, 1.54) is 11.1 Å². The van der Waals surface area contributed by atoms with Gasteiger partial charge in [0.2, 0.25) is 0 Å². The summed E-state index contributed by atoms with van der Waals surface area (Å²) < 4.78 is 0. The number of hydrogen-bond donors (Lipinski definition) is 1. The normalized spacial score (nSPS) is 10.9. The largest absolute Gasteiger partial charge is 0.326 e. The van der Waals surface area contributed by atoms with Crippen LogP contribution in [0.3, 0.4) is 0 Å². The second-order valence-electron chi connectivity index (χ2n) is 3.31. The molecule has 1 heterocycles. The van der Waals surface area contributed by atoms with Crippen LogP contribution in [-0.2, 0) is 13.1 Å². The summed E-state index contributed by atoms with van der Waals surface area (Å²) in [6, 6.07) is 2.00. The third-order valence-electron chi connectivity index (χ3n) is 2.51. The van der Waals surface area contributed by atoms with Crippen LogP contribution < -0.4 is 5.73 Å². The van der Waals surface area contributed by atoms with Gasteiger partial charge in [-0.15, -0.1) is 0 Å². The van der Waals surface area contributed by atoms with Crippen LogP contribution in [0.15, 0.2) is 18.5 Å². The van der Waals surface area contributed by atoms with Gasteiger partial charge in [0, 0.05) is 25.5 Å². The fourth-order valence-electron chi connectivity index (χ4n) is 1.49. The monoisotopic (exact) mass is 193 g/mol. The smallest absolute Gasteiger partial charge is 0.0316 e. The lowest BCUT2D eigenvalue weighted by molar-refractivity contribution is 0.294. The molecule has 0 bridgehead atoms. The fraction of sp³-hybridized carbons (Fsp3) is 0.545. The van der Waals surface area contributed by atoms with Gasteiger partial charge in [-0.05, 0) is 30.3 Å². The van der Waals surface area contributed by atoms with Gasteiger partial charge in [-0.3, -0.25) is 9.88 Å². The molecule has 1 aromatic rings. The SMILES string of the molecule is CCN(CC)Cc1cnccc1CN. The van der Waals surface area contributed by atoms with E-state index in [0.717, 1.165) is 19.6 Å². The predicted molar refractivity (Wildman–Crippen MR) is 58.8 cm³/mol. The predicted octanol–water partition coefficient (Wildman–Crippen LogP) is 1.38. The molecule has 3 nitrogen and oxygen atoms in total. The van der Waals surface area contributed by atoms with Crippen molar-refractivity contribution in [2.24, 2.45) is 5.73 Å². The summed E-state index contributed by atoms with van der Waals surface area (Å²) in [6.45, 7) is 8.02. The third-order valence-corrected chi connectivity index (χ3v) is 2.51. The Bertz CT molecular complexity index is 269. The maximum Gasteiger partial charge on any atom is 0.0316 e. The van der Waals surface area contributed by atoms with E-state index < -0.39 is 0 Å². The number of rotatable bonds is 5. The number of aromatic nitrogens is 1. The first-order chi connectivity index (χ1) is 6.81. The quantitative estimate of drug-likeness (QED) is 0.768. The first-order valence-electron chi connectivity index (χ1n) is 5.16. The van der Waals surface area contributed by atoms with Gasteiger partial charge in [0.1, 0.15) is 0 Å². The van der Waals surface area contributed by atoms with Gasteiger partial charge < -0.3 is 5.73 Å². The Kier molecular flexibility index (Phi) is 4.56. The third kappa shape index (κ3) is 2.79. The molecule has 0 saturated carbocycles. The minimum atomic E-state index is 0.596. The fourth-order valence-corrected chi connectivity index (χ4v) is 1.49. The minimum Gasteiger partial charge on any atom is -0.326 e. The molecule has 0 unspecified atom stereocenters. The lowest BCUT2D eigenvalue weighted by atomic mass is 10.1. The molecule has 0 fully saturated rings. The summed E-state index contributed by atoms with van der Waals surface area (Å²) in [6.07, 6.45) is 3.72. The van der Waals surface area contributed by atoms with Crippen LogP contribution in [0.1, 0.15) is 25.0 Å². The van der Waals surface area contributed by atoms with Gasteiger partial charge in [-0.25, -0.2) is 0 Å². The zero-order valence-corrected chi connectivity index (χ0v) is 9.03. The summed E-state index contributed by atoms with van der Waals surface area (Å²) in [5.41, 5.74) is 8.11. The van der Waals surface area contributed by atoms with E-state index in [1.807, 2.05) is 12.3 Å². The molecule has 3 heteroatoms. The number of hydrogen-bond acceptors (Lipinski definition) is 3. The summed E-state index contributed by atoms with van der Waals surface area (Å²) in [4.78, 5) is 6.49. The molecule has 1 aromatic heterocycles. The van der Waals surface area contributed by atoms with Crippen molar-refractivity contribution >= 4 is 0 Å². The standard InChI is InChI=1S/C11H19N3/c1-3-14(4-2)9-11-8-13-6-5-10(11)7-12/h5-6,8H,3-4,7,9,12H2,1-2H3. The zero-order chi connectivity index (χ0) is 10.4. The highest BCUT2D eigenvalue weighted by Gasteiger charge is 2.04. The number of nitrogens with two attached hydrogens (primary N) is 1. The molecule has 0 atom stereocenters. The Hall–Kier alpha value is -0.930. The molecule has 0 aliphatic rings. The van der Waals surface area contributed by atoms with Crippen LogP contribution in [-0.4, -0.2) is 23.0 Å². The number of nitrogens with zero attached hydrogens (tertiary/aromatic N) is 2. The van der Waals surface area contributed by atoms with Gasteiger partial charge >= 0.3 is 0 Å². The minimum absolute atomic E-state index is 0.596. The molecular formula is C11H19N3. The molecule has 0 aromatic carbocycles. The summed E-state index contributed by atoms with van der Waals surface area (Å²) in [5.74, 6) is 0. The molecule has 14 heavy (non-hydrogen) atoms. The lowest BCUT2D eigenvalue weighted by Gasteiger charge is -2.19. The van der Waals surface area contributed by atoms with Gasteiger partial charge in [-0.1, -0.05) is 13.8 Å². The van der Waals surface area contributed by atoms with E-state index in [9.17, 15) is 0 Å². The summed E-state index contributed by atoms with van der Waals surface area (Å²) >= 11 is 0. The highest BCUT2D eigenvalue weighted by Crippen LogP contribution is 2.09.